The standard InChI is InChI=1S/C22H23NO/c1-15-13-16(2)22(23)20(14-15)21(17-7-5-4-6-8-17)18-9-11-19(24-3)12-10-18/h4-14,21H,23H2,1-3H3. The van der Waals surface area contributed by atoms with Gasteiger partial charge in [0.2, 0.25) is 0 Å². The van der Waals surface area contributed by atoms with Gasteiger partial charge in [0.1, 0.15) is 5.75 Å². The second-order valence-corrected chi connectivity index (χ2v) is 6.20. The van der Waals surface area contributed by atoms with Crippen molar-refractivity contribution in [3.8, 4) is 5.75 Å². The van der Waals surface area contributed by atoms with E-state index >= 15 is 0 Å². The van der Waals surface area contributed by atoms with E-state index < -0.39 is 0 Å². The van der Waals surface area contributed by atoms with E-state index in [0.717, 1.165) is 22.6 Å². The molecule has 2 N–H and O–H groups in total. The summed E-state index contributed by atoms with van der Waals surface area (Å²) in [5, 5.41) is 0. The molecule has 2 heteroatoms. The van der Waals surface area contributed by atoms with E-state index in [2.05, 4.69) is 62.4 Å². The van der Waals surface area contributed by atoms with E-state index in [1.807, 2.05) is 18.2 Å². The maximum Gasteiger partial charge on any atom is 0.118 e. The lowest BCUT2D eigenvalue weighted by Crippen LogP contribution is -2.08. The molecule has 0 saturated heterocycles. The maximum absolute atomic E-state index is 6.46. The number of hydrogen-bond donors (Lipinski definition) is 1. The number of nitrogen functional groups attached to an aromatic ring is 1. The fourth-order valence-corrected chi connectivity index (χ4v) is 3.24. The van der Waals surface area contributed by atoms with Crippen LogP contribution in [0.4, 0.5) is 5.69 Å². The van der Waals surface area contributed by atoms with Crippen molar-refractivity contribution >= 4 is 5.69 Å². The maximum atomic E-state index is 6.46. The van der Waals surface area contributed by atoms with Crippen molar-refractivity contribution in [2.75, 3.05) is 12.8 Å². The van der Waals surface area contributed by atoms with Gasteiger partial charge in [0.25, 0.3) is 0 Å². The van der Waals surface area contributed by atoms with Crippen LogP contribution < -0.4 is 10.5 Å². The van der Waals surface area contributed by atoms with E-state index in [4.69, 9.17) is 10.5 Å². The van der Waals surface area contributed by atoms with Crippen LogP contribution >= 0.6 is 0 Å². The van der Waals surface area contributed by atoms with Crippen molar-refractivity contribution in [2.45, 2.75) is 19.8 Å². The molecule has 0 bridgehead atoms. The third-order valence-electron chi connectivity index (χ3n) is 4.46. The first-order valence-electron chi connectivity index (χ1n) is 8.15. The summed E-state index contributed by atoms with van der Waals surface area (Å²) in [6, 6.07) is 23.1. The third kappa shape index (κ3) is 3.13. The molecule has 24 heavy (non-hydrogen) atoms. The van der Waals surface area contributed by atoms with Gasteiger partial charge in [-0.2, -0.15) is 0 Å². The number of nitrogens with two attached hydrogens (primary N) is 1. The minimum atomic E-state index is 0.107. The van der Waals surface area contributed by atoms with Crippen LogP contribution in [0, 0.1) is 13.8 Å². The summed E-state index contributed by atoms with van der Waals surface area (Å²) in [6.07, 6.45) is 0. The van der Waals surface area contributed by atoms with Crippen molar-refractivity contribution in [1.29, 1.82) is 0 Å². The first kappa shape index (κ1) is 16.1. The molecule has 0 aromatic heterocycles. The Labute approximate surface area is 143 Å². The van der Waals surface area contributed by atoms with Gasteiger partial charge in [0.15, 0.2) is 0 Å². The molecule has 0 aliphatic rings. The van der Waals surface area contributed by atoms with Crippen molar-refractivity contribution in [1.82, 2.24) is 0 Å². The lowest BCUT2D eigenvalue weighted by molar-refractivity contribution is 0.414. The Kier molecular flexibility index (Phi) is 4.57. The lowest BCUT2D eigenvalue weighted by atomic mass is 9.83. The number of methoxy groups -OCH3 is 1. The van der Waals surface area contributed by atoms with Gasteiger partial charge in [-0.15, -0.1) is 0 Å². The molecule has 0 amide bonds. The fraction of sp³-hybridized carbons (Fsp3) is 0.182. The minimum absolute atomic E-state index is 0.107. The van der Waals surface area contributed by atoms with E-state index in [0.29, 0.717) is 0 Å². The smallest absolute Gasteiger partial charge is 0.118 e. The summed E-state index contributed by atoms with van der Waals surface area (Å²) in [4.78, 5) is 0. The minimum Gasteiger partial charge on any atom is -0.497 e. The Morgan fingerprint density at radius 1 is 0.833 bits per heavy atom. The van der Waals surface area contributed by atoms with Crippen LogP contribution in [-0.2, 0) is 0 Å². The van der Waals surface area contributed by atoms with Crippen molar-refractivity contribution in [2.24, 2.45) is 0 Å². The van der Waals surface area contributed by atoms with Crippen LogP contribution in [0.3, 0.4) is 0 Å². The van der Waals surface area contributed by atoms with Gasteiger partial charge in [-0.3, -0.25) is 0 Å². The first-order valence-corrected chi connectivity index (χ1v) is 8.15. The lowest BCUT2D eigenvalue weighted by Gasteiger charge is -2.22. The Morgan fingerprint density at radius 3 is 2.08 bits per heavy atom. The van der Waals surface area contributed by atoms with Crippen molar-refractivity contribution in [3.63, 3.8) is 0 Å². The number of ether oxygens (including phenoxy) is 1. The fourth-order valence-electron chi connectivity index (χ4n) is 3.24. The summed E-state index contributed by atoms with van der Waals surface area (Å²) in [6.45, 7) is 4.19. The highest BCUT2D eigenvalue weighted by Gasteiger charge is 2.20. The van der Waals surface area contributed by atoms with Crippen LogP contribution in [0.5, 0.6) is 5.75 Å². The highest BCUT2D eigenvalue weighted by atomic mass is 16.5. The largest absolute Gasteiger partial charge is 0.497 e. The quantitative estimate of drug-likeness (QED) is 0.538. The Hall–Kier alpha value is -2.74. The zero-order chi connectivity index (χ0) is 17.1. The molecule has 0 saturated carbocycles. The van der Waals surface area contributed by atoms with E-state index in [9.17, 15) is 0 Å². The summed E-state index contributed by atoms with van der Waals surface area (Å²) in [5.74, 6) is 0.967. The second kappa shape index (κ2) is 6.79. The summed E-state index contributed by atoms with van der Waals surface area (Å²) in [5.41, 5.74) is 13.3. The van der Waals surface area contributed by atoms with Crippen molar-refractivity contribution < 1.29 is 4.74 Å². The molecular weight excluding hydrogens is 294 g/mol. The van der Waals surface area contributed by atoms with E-state index in [1.165, 1.54) is 16.7 Å². The number of hydrogen-bond acceptors (Lipinski definition) is 2. The van der Waals surface area contributed by atoms with Gasteiger partial charge < -0.3 is 10.5 Å². The zero-order valence-electron chi connectivity index (χ0n) is 14.4. The molecule has 3 aromatic rings. The Balaban J connectivity index is 2.19. The average molecular weight is 317 g/mol. The number of anilines is 1. The molecule has 122 valence electrons. The Morgan fingerprint density at radius 2 is 1.46 bits per heavy atom. The molecule has 0 aliphatic carbocycles. The summed E-state index contributed by atoms with van der Waals surface area (Å²) >= 11 is 0. The molecular formula is C22H23NO. The normalized spacial score (nSPS) is 12.0. The first-order chi connectivity index (χ1) is 11.6. The van der Waals surface area contributed by atoms with Crippen LogP contribution in [0.15, 0.2) is 66.7 Å². The summed E-state index contributed by atoms with van der Waals surface area (Å²) < 4.78 is 5.30. The number of rotatable bonds is 4. The zero-order valence-corrected chi connectivity index (χ0v) is 14.4. The van der Waals surface area contributed by atoms with E-state index in [-0.39, 0.29) is 5.92 Å². The topological polar surface area (TPSA) is 35.2 Å². The predicted octanol–water partition coefficient (Wildman–Crippen LogP) is 5.07. The van der Waals surface area contributed by atoms with E-state index in [1.54, 1.807) is 7.11 Å². The van der Waals surface area contributed by atoms with Gasteiger partial charge in [-0.25, -0.2) is 0 Å². The van der Waals surface area contributed by atoms with Gasteiger partial charge in [-0.05, 0) is 48.2 Å². The third-order valence-corrected chi connectivity index (χ3v) is 4.46. The molecule has 0 heterocycles. The number of benzene rings is 3. The molecule has 1 unspecified atom stereocenters. The molecule has 2 nitrogen and oxygen atoms in total. The molecule has 0 spiro atoms. The molecule has 3 aromatic carbocycles. The molecule has 0 radical (unpaired) electrons. The van der Waals surface area contributed by atoms with Gasteiger partial charge >= 0.3 is 0 Å². The SMILES string of the molecule is COc1ccc(C(c2ccccc2)c2cc(C)cc(C)c2N)cc1. The van der Waals surface area contributed by atoms with Gasteiger partial charge in [0, 0.05) is 11.6 Å². The molecule has 3 rings (SSSR count). The highest BCUT2D eigenvalue weighted by Crippen LogP contribution is 2.37. The Bertz CT molecular complexity index is 823. The predicted molar refractivity (Wildman–Crippen MR) is 101 cm³/mol. The van der Waals surface area contributed by atoms with Crippen molar-refractivity contribution in [3.05, 3.63) is 94.5 Å². The van der Waals surface area contributed by atoms with Crippen LogP contribution in [0.1, 0.15) is 33.7 Å². The molecule has 0 aliphatic heterocycles. The number of aryl methyl sites for hydroxylation is 2. The molecule has 0 fully saturated rings. The highest BCUT2D eigenvalue weighted by molar-refractivity contribution is 5.61. The van der Waals surface area contributed by atoms with Gasteiger partial charge in [0.05, 0.1) is 7.11 Å². The van der Waals surface area contributed by atoms with Crippen LogP contribution in [-0.4, -0.2) is 7.11 Å². The second-order valence-electron chi connectivity index (χ2n) is 6.20. The average Bonchev–Trinajstić information content (AvgIpc) is 2.61. The molecule has 1 atom stereocenters. The summed E-state index contributed by atoms with van der Waals surface area (Å²) in [7, 11) is 1.69. The van der Waals surface area contributed by atoms with Crippen LogP contribution in [0.2, 0.25) is 0 Å². The monoisotopic (exact) mass is 317 g/mol. The van der Waals surface area contributed by atoms with Crippen LogP contribution in [0.25, 0.3) is 0 Å². The van der Waals surface area contributed by atoms with Gasteiger partial charge in [-0.1, -0.05) is 60.2 Å².